The second kappa shape index (κ2) is 11.8. The molecule has 0 bridgehead atoms. The van der Waals surface area contributed by atoms with Crippen LogP contribution < -0.4 is 10.6 Å². The topological polar surface area (TPSA) is 61.4 Å². The Morgan fingerprint density at radius 3 is 1.88 bits per heavy atom. The Labute approximate surface area is 198 Å². The third-order valence-electron chi connectivity index (χ3n) is 5.86. The number of aliphatic hydroxyl groups is 1. The number of benzene rings is 3. The van der Waals surface area contributed by atoms with Crippen molar-refractivity contribution < 1.29 is 9.90 Å². The summed E-state index contributed by atoms with van der Waals surface area (Å²) in [4.78, 5) is 12.7. The van der Waals surface area contributed by atoms with Gasteiger partial charge in [-0.2, -0.15) is 0 Å². The summed E-state index contributed by atoms with van der Waals surface area (Å²) in [6, 6.07) is 28.7. The number of carbonyl (C=O) groups is 1. The monoisotopic (exact) mass is 444 g/mol. The van der Waals surface area contributed by atoms with Gasteiger partial charge < -0.3 is 15.7 Å². The molecule has 4 nitrogen and oxygen atoms in total. The molecule has 0 saturated heterocycles. The molecule has 0 aliphatic rings. The highest BCUT2D eigenvalue weighted by Crippen LogP contribution is 2.27. The van der Waals surface area contributed by atoms with Crippen LogP contribution in [0.25, 0.3) is 0 Å². The summed E-state index contributed by atoms with van der Waals surface area (Å²) < 4.78 is 0. The first-order valence-electron chi connectivity index (χ1n) is 11.7. The molecular formula is C29H36N2O2. The van der Waals surface area contributed by atoms with Crippen LogP contribution in [0.3, 0.4) is 0 Å². The molecule has 1 unspecified atom stereocenters. The van der Waals surface area contributed by atoms with Crippen molar-refractivity contribution >= 4 is 5.91 Å². The van der Waals surface area contributed by atoms with E-state index in [0.717, 1.165) is 11.1 Å². The molecule has 0 fully saturated rings. The summed E-state index contributed by atoms with van der Waals surface area (Å²) in [6.45, 7) is 7.93. The van der Waals surface area contributed by atoms with Gasteiger partial charge in [0.25, 0.3) is 0 Å². The fourth-order valence-electron chi connectivity index (χ4n) is 3.87. The smallest absolute Gasteiger partial charge is 0.221 e. The lowest BCUT2D eigenvalue weighted by Gasteiger charge is -2.19. The number of aliphatic hydroxyl groups excluding tert-OH is 1. The summed E-state index contributed by atoms with van der Waals surface area (Å²) in [5, 5.41) is 16.5. The molecule has 0 aromatic heterocycles. The molecule has 174 valence electrons. The van der Waals surface area contributed by atoms with Crippen LogP contribution >= 0.6 is 0 Å². The maximum absolute atomic E-state index is 12.7. The van der Waals surface area contributed by atoms with Crippen LogP contribution in [-0.2, 0) is 16.8 Å². The largest absolute Gasteiger partial charge is 0.390 e. The molecule has 1 amide bonds. The van der Waals surface area contributed by atoms with Crippen molar-refractivity contribution in [3.63, 3.8) is 0 Å². The number of hydrogen-bond acceptors (Lipinski definition) is 3. The zero-order valence-corrected chi connectivity index (χ0v) is 19.9. The summed E-state index contributed by atoms with van der Waals surface area (Å²) in [5.74, 6) is -0.0803. The van der Waals surface area contributed by atoms with E-state index >= 15 is 0 Å². The molecule has 1 atom stereocenters. The van der Waals surface area contributed by atoms with Crippen LogP contribution in [-0.4, -0.2) is 30.2 Å². The van der Waals surface area contributed by atoms with Crippen molar-refractivity contribution in [3.8, 4) is 0 Å². The van der Waals surface area contributed by atoms with E-state index < -0.39 is 6.10 Å². The summed E-state index contributed by atoms with van der Waals surface area (Å²) in [7, 11) is 0. The van der Waals surface area contributed by atoms with Gasteiger partial charge in [-0.15, -0.1) is 0 Å². The zero-order chi connectivity index (χ0) is 23.7. The molecule has 0 aliphatic heterocycles. The van der Waals surface area contributed by atoms with E-state index in [0.29, 0.717) is 19.5 Å². The lowest BCUT2D eigenvalue weighted by Crippen LogP contribution is -2.38. The van der Waals surface area contributed by atoms with E-state index in [1.54, 1.807) is 0 Å². The van der Waals surface area contributed by atoms with Crippen molar-refractivity contribution in [3.05, 3.63) is 107 Å². The molecule has 3 rings (SSSR count). The second-order valence-electron chi connectivity index (χ2n) is 9.61. The molecule has 3 N–H and O–H groups in total. The Morgan fingerprint density at radius 1 is 0.818 bits per heavy atom. The first kappa shape index (κ1) is 24.7. The molecule has 0 saturated carbocycles. The molecule has 33 heavy (non-hydrogen) atoms. The van der Waals surface area contributed by atoms with Crippen LogP contribution in [0.15, 0.2) is 84.9 Å². The fraction of sp³-hybridized carbons (Fsp3) is 0.345. The van der Waals surface area contributed by atoms with E-state index in [4.69, 9.17) is 0 Å². The highest BCUT2D eigenvalue weighted by Gasteiger charge is 2.18. The molecule has 0 aliphatic carbocycles. The Balaban J connectivity index is 1.45. The van der Waals surface area contributed by atoms with Crippen molar-refractivity contribution in [2.24, 2.45) is 0 Å². The predicted octanol–water partition coefficient (Wildman–Crippen LogP) is 4.77. The van der Waals surface area contributed by atoms with Crippen LogP contribution in [0.1, 0.15) is 55.4 Å². The Morgan fingerprint density at radius 2 is 1.36 bits per heavy atom. The lowest BCUT2D eigenvalue weighted by molar-refractivity contribution is -0.121. The first-order chi connectivity index (χ1) is 15.8. The van der Waals surface area contributed by atoms with Gasteiger partial charge in [-0.25, -0.2) is 0 Å². The molecule has 0 spiro atoms. The van der Waals surface area contributed by atoms with Crippen LogP contribution in [0.2, 0.25) is 0 Å². The Bertz CT molecular complexity index is 940. The van der Waals surface area contributed by atoms with Crippen LogP contribution in [0.4, 0.5) is 0 Å². The minimum atomic E-state index is -0.644. The zero-order valence-electron chi connectivity index (χ0n) is 19.9. The van der Waals surface area contributed by atoms with Crippen LogP contribution in [0, 0.1) is 0 Å². The summed E-state index contributed by atoms with van der Waals surface area (Å²) in [5.41, 5.74) is 4.84. The summed E-state index contributed by atoms with van der Waals surface area (Å²) >= 11 is 0. The normalized spacial score (nSPS) is 12.5. The van der Waals surface area contributed by atoms with Gasteiger partial charge >= 0.3 is 0 Å². The number of rotatable bonds is 10. The quantitative estimate of drug-likeness (QED) is 0.422. The Kier molecular flexibility index (Phi) is 8.81. The maximum Gasteiger partial charge on any atom is 0.221 e. The van der Waals surface area contributed by atoms with Gasteiger partial charge in [0, 0.05) is 32.0 Å². The molecular weight excluding hydrogens is 408 g/mol. The number of nitrogens with one attached hydrogen (secondary N) is 2. The van der Waals surface area contributed by atoms with Gasteiger partial charge in [0.15, 0.2) is 0 Å². The van der Waals surface area contributed by atoms with E-state index in [1.807, 2.05) is 36.4 Å². The average molecular weight is 445 g/mol. The highest BCUT2D eigenvalue weighted by atomic mass is 16.3. The predicted molar refractivity (Wildman–Crippen MR) is 135 cm³/mol. The van der Waals surface area contributed by atoms with E-state index in [-0.39, 0.29) is 23.8 Å². The molecule has 0 heterocycles. The number of carbonyl (C=O) groups excluding carboxylic acids is 1. The van der Waals surface area contributed by atoms with Crippen molar-refractivity contribution in [2.75, 3.05) is 13.1 Å². The lowest BCUT2D eigenvalue weighted by atomic mass is 9.87. The minimum absolute atomic E-state index is 0.0151. The van der Waals surface area contributed by atoms with Gasteiger partial charge in [-0.1, -0.05) is 106 Å². The van der Waals surface area contributed by atoms with Gasteiger partial charge in [0.2, 0.25) is 5.91 Å². The van der Waals surface area contributed by atoms with Gasteiger partial charge in [0.1, 0.15) is 0 Å². The standard InChI is InChI=1S/C29H36N2O2/c1-29(2,3)25-16-14-22(15-17-25)19-30-20-26(32)21-31-28(33)18-27(23-10-6-4-7-11-23)24-12-8-5-9-13-24/h4-17,26-27,30,32H,18-21H2,1-3H3,(H,31,33). The van der Waals surface area contributed by atoms with E-state index in [9.17, 15) is 9.90 Å². The number of amides is 1. The molecule has 0 radical (unpaired) electrons. The third-order valence-corrected chi connectivity index (χ3v) is 5.86. The molecule has 4 heteroatoms. The van der Waals surface area contributed by atoms with E-state index in [1.165, 1.54) is 11.1 Å². The van der Waals surface area contributed by atoms with Gasteiger partial charge in [-0.3, -0.25) is 4.79 Å². The average Bonchev–Trinajstić information content (AvgIpc) is 2.82. The van der Waals surface area contributed by atoms with Crippen molar-refractivity contribution in [1.82, 2.24) is 10.6 Å². The summed E-state index contributed by atoms with van der Waals surface area (Å²) in [6.07, 6.45) is -0.302. The second-order valence-corrected chi connectivity index (χ2v) is 9.61. The van der Waals surface area contributed by atoms with Crippen molar-refractivity contribution in [2.45, 2.75) is 51.2 Å². The molecule has 3 aromatic carbocycles. The van der Waals surface area contributed by atoms with E-state index in [2.05, 4.69) is 79.9 Å². The maximum atomic E-state index is 12.7. The molecule has 3 aromatic rings. The SMILES string of the molecule is CC(C)(C)c1ccc(CNCC(O)CNC(=O)CC(c2ccccc2)c2ccccc2)cc1. The number of hydrogen-bond donors (Lipinski definition) is 3. The fourth-order valence-corrected chi connectivity index (χ4v) is 3.87. The van der Waals surface area contributed by atoms with Gasteiger partial charge in [-0.05, 0) is 27.7 Å². The van der Waals surface area contributed by atoms with Crippen molar-refractivity contribution in [1.29, 1.82) is 0 Å². The van der Waals surface area contributed by atoms with Gasteiger partial charge in [0.05, 0.1) is 6.10 Å². The highest BCUT2D eigenvalue weighted by molar-refractivity contribution is 5.77. The third kappa shape index (κ3) is 7.85. The van der Waals surface area contributed by atoms with Crippen LogP contribution in [0.5, 0.6) is 0 Å². The first-order valence-corrected chi connectivity index (χ1v) is 11.7. The Hall–Kier alpha value is -2.95. The minimum Gasteiger partial charge on any atom is -0.390 e.